The molecule has 1 heterocycles. The van der Waals surface area contributed by atoms with Gasteiger partial charge < -0.3 is 10.0 Å². The molecular formula is C10H10ClNO2. The number of rotatable bonds is 1. The molecule has 1 amide bonds. The molecule has 0 aliphatic carbocycles. The largest absolute Gasteiger partial charge is 0.381 e. The number of benzene rings is 1. The molecule has 1 aliphatic heterocycles. The molecule has 0 spiro atoms. The molecule has 0 saturated carbocycles. The van der Waals surface area contributed by atoms with Crippen LogP contribution in [0.25, 0.3) is 0 Å². The number of amides is 1. The maximum absolute atomic E-state index is 11.1. The average Bonchev–Trinajstić information content (AvgIpc) is 2.21. The third kappa shape index (κ3) is 1.21. The Kier molecular flexibility index (Phi) is 2.21. The van der Waals surface area contributed by atoms with E-state index < -0.39 is 6.10 Å². The highest BCUT2D eigenvalue weighted by atomic mass is 35.5. The maximum atomic E-state index is 11.1. The van der Waals surface area contributed by atoms with Crippen LogP contribution in [-0.4, -0.2) is 29.1 Å². The van der Waals surface area contributed by atoms with E-state index in [2.05, 4.69) is 0 Å². The Labute approximate surface area is 86.9 Å². The SMILES string of the molecule is CN1C(=O)[C@H](O)[C@@H]1c1ccccc1Cl. The van der Waals surface area contributed by atoms with Crippen molar-refractivity contribution < 1.29 is 9.90 Å². The first kappa shape index (κ1) is 9.49. The second-order valence-corrected chi connectivity index (χ2v) is 3.77. The fourth-order valence-corrected chi connectivity index (χ4v) is 1.95. The van der Waals surface area contributed by atoms with E-state index in [0.717, 1.165) is 5.56 Å². The summed E-state index contributed by atoms with van der Waals surface area (Å²) in [5.41, 5.74) is 0.795. The summed E-state index contributed by atoms with van der Waals surface area (Å²) in [6, 6.07) is 6.93. The number of likely N-dealkylation sites (tertiary alicyclic amines) is 1. The van der Waals surface area contributed by atoms with Gasteiger partial charge in [-0.2, -0.15) is 0 Å². The molecule has 2 rings (SSSR count). The Hall–Kier alpha value is -1.06. The lowest BCUT2D eigenvalue weighted by Crippen LogP contribution is -2.56. The van der Waals surface area contributed by atoms with Crippen molar-refractivity contribution in [3.8, 4) is 0 Å². The van der Waals surface area contributed by atoms with E-state index in [9.17, 15) is 9.90 Å². The van der Waals surface area contributed by atoms with Crippen LogP contribution in [0, 0.1) is 0 Å². The molecule has 0 aromatic heterocycles. The van der Waals surface area contributed by atoms with Crippen LogP contribution in [0.15, 0.2) is 24.3 Å². The van der Waals surface area contributed by atoms with Gasteiger partial charge in [0.2, 0.25) is 0 Å². The van der Waals surface area contributed by atoms with Crippen molar-refractivity contribution in [2.24, 2.45) is 0 Å². The van der Waals surface area contributed by atoms with E-state index in [0.29, 0.717) is 5.02 Å². The molecule has 1 N–H and O–H groups in total. The molecule has 4 heteroatoms. The van der Waals surface area contributed by atoms with Gasteiger partial charge in [0.15, 0.2) is 6.10 Å². The van der Waals surface area contributed by atoms with Crippen molar-refractivity contribution in [3.05, 3.63) is 34.9 Å². The van der Waals surface area contributed by atoms with Crippen LogP contribution >= 0.6 is 11.6 Å². The van der Waals surface area contributed by atoms with Crippen molar-refractivity contribution >= 4 is 17.5 Å². The standard InChI is InChI=1S/C10H10ClNO2/c1-12-8(9(13)10(12)14)6-4-2-3-5-7(6)11/h2-5,8-9,13H,1H3/t8-,9+/m0/s1. The van der Waals surface area contributed by atoms with Gasteiger partial charge in [-0.25, -0.2) is 0 Å². The summed E-state index contributed by atoms with van der Waals surface area (Å²) in [6.45, 7) is 0. The van der Waals surface area contributed by atoms with Crippen molar-refractivity contribution in [2.45, 2.75) is 12.1 Å². The normalized spacial score (nSPS) is 26.2. The van der Waals surface area contributed by atoms with Gasteiger partial charge in [-0.3, -0.25) is 4.79 Å². The average molecular weight is 212 g/mol. The van der Waals surface area contributed by atoms with E-state index in [-0.39, 0.29) is 11.9 Å². The summed E-state index contributed by atoms with van der Waals surface area (Å²) in [4.78, 5) is 12.6. The van der Waals surface area contributed by atoms with E-state index in [1.807, 2.05) is 18.2 Å². The van der Waals surface area contributed by atoms with Crippen LogP contribution < -0.4 is 0 Å². The number of aliphatic hydroxyl groups excluding tert-OH is 1. The topological polar surface area (TPSA) is 40.5 Å². The Bertz CT molecular complexity index is 368. The second-order valence-electron chi connectivity index (χ2n) is 3.36. The second kappa shape index (κ2) is 3.26. The molecular weight excluding hydrogens is 202 g/mol. The highest BCUT2D eigenvalue weighted by molar-refractivity contribution is 6.31. The highest BCUT2D eigenvalue weighted by Gasteiger charge is 2.45. The van der Waals surface area contributed by atoms with Gasteiger partial charge in [-0.1, -0.05) is 29.8 Å². The minimum atomic E-state index is -0.945. The summed E-state index contributed by atoms with van der Waals surface area (Å²) < 4.78 is 0. The quantitative estimate of drug-likeness (QED) is 0.710. The fraction of sp³-hybridized carbons (Fsp3) is 0.300. The lowest BCUT2D eigenvalue weighted by Gasteiger charge is -2.42. The van der Waals surface area contributed by atoms with Gasteiger partial charge in [0, 0.05) is 12.1 Å². The molecule has 1 fully saturated rings. The zero-order valence-electron chi connectivity index (χ0n) is 7.64. The molecule has 0 bridgehead atoms. The van der Waals surface area contributed by atoms with Crippen molar-refractivity contribution in [2.75, 3.05) is 7.05 Å². The Morgan fingerprint density at radius 1 is 1.43 bits per heavy atom. The first-order valence-electron chi connectivity index (χ1n) is 4.32. The fourth-order valence-electron chi connectivity index (χ4n) is 1.70. The lowest BCUT2D eigenvalue weighted by atomic mass is 9.92. The Morgan fingerprint density at radius 3 is 2.64 bits per heavy atom. The monoisotopic (exact) mass is 211 g/mol. The smallest absolute Gasteiger partial charge is 0.254 e. The number of β-lactam (4-membered cyclic amide) rings is 1. The van der Waals surface area contributed by atoms with Crippen molar-refractivity contribution in [3.63, 3.8) is 0 Å². The van der Waals surface area contributed by atoms with Gasteiger partial charge in [0.05, 0.1) is 6.04 Å². The van der Waals surface area contributed by atoms with Crippen molar-refractivity contribution in [1.82, 2.24) is 4.90 Å². The van der Waals surface area contributed by atoms with Crippen molar-refractivity contribution in [1.29, 1.82) is 0 Å². The van der Waals surface area contributed by atoms with Crippen LogP contribution in [0.3, 0.4) is 0 Å². The number of carbonyl (C=O) groups is 1. The molecule has 3 nitrogen and oxygen atoms in total. The lowest BCUT2D eigenvalue weighted by molar-refractivity contribution is -0.163. The molecule has 1 aliphatic rings. The van der Waals surface area contributed by atoms with Crippen LogP contribution in [0.5, 0.6) is 0 Å². The number of hydrogen-bond acceptors (Lipinski definition) is 2. The summed E-state index contributed by atoms with van der Waals surface area (Å²) in [7, 11) is 1.66. The molecule has 1 aromatic carbocycles. The predicted octanol–water partition coefficient (Wildman–Crippen LogP) is 1.21. The number of carbonyl (C=O) groups excluding carboxylic acids is 1. The minimum absolute atomic E-state index is 0.255. The van der Waals surface area contributed by atoms with Gasteiger partial charge in [0.25, 0.3) is 5.91 Å². The van der Waals surface area contributed by atoms with E-state index in [1.165, 1.54) is 4.90 Å². The third-order valence-electron chi connectivity index (χ3n) is 2.54. The molecule has 0 unspecified atom stereocenters. The molecule has 74 valence electrons. The Balaban J connectivity index is 2.33. The van der Waals surface area contributed by atoms with E-state index >= 15 is 0 Å². The van der Waals surface area contributed by atoms with E-state index in [4.69, 9.17) is 11.6 Å². The molecule has 2 atom stereocenters. The van der Waals surface area contributed by atoms with Gasteiger partial charge in [0.1, 0.15) is 0 Å². The van der Waals surface area contributed by atoms with Crippen LogP contribution in [-0.2, 0) is 4.79 Å². The highest BCUT2D eigenvalue weighted by Crippen LogP contribution is 2.36. The molecule has 1 aromatic rings. The van der Waals surface area contributed by atoms with Gasteiger partial charge in [-0.15, -0.1) is 0 Å². The van der Waals surface area contributed by atoms with Gasteiger partial charge >= 0.3 is 0 Å². The van der Waals surface area contributed by atoms with Gasteiger partial charge in [-0.05, 0) is 11.6 Å². The summed E-state index contributed by atoms with van der Waals surface area (Å²) in [5, 5.41) is 10.1. The minimum Gasteiger partial charge on any atom is -0.381 e. The number of hydrogen-bond donors (Lipinski definition) is 1. The number of nitrogens with zero attached hydrogens (tertiary/aromatic N) is 1. The summed E-state index contributed by atoms with van der Waals surface area (Å²) in [5.74, 6) is -0.255. The van der Waals surface area contributed by atoms with Crippen LogP contribution in [0.4, 0.5) is 0 Å². The number of aliphatic hydroxyl groups is 1. The number of likely N-dealkylation sites (N-methyl/N-ethyl adjacent to an activating group) is 1. The summed E-state index contributed by atoms with van der Waals surface area (Å²) in [6.07, 6.45) is -0.945. The number of halogens is 1. The zero-order chi connectivity index (χ0) is 10.3. The molecule has 14 heavy (non-hydrogen) atoms. The maximum Gasteiger partial charge on any atom is 0.254 e. The first-order chi connectivity index (χ1) is 6.63. The first-order valence-corrected chi connectivity index (χ1v) is 4.70. The summed E-state index contributed by atoms with van der Waals surface area (Å²) >= 11 is 5.96. The van der Waals surface area contributed by atoms with Crippen LogP contribution in [0.1, 0.15) is 11.6 Å². The van der Waals surface area contributed by atoms with E-state index in [1.54, 1.807) is 13.1 Å². The zero-order valence-corrected chi connectivity index (χ0v) is 8.40. The molecule has 1 saturated heterocycles. The molecule has 0 radical (unpaired) electrons. The van der Waals surface area contributed by atoms with Crippen LogP contribution in [0.2, 0.25) is 5.02 Å². The predicted molar refractivity (Wildman–Crippen MR) is 53.0 cm³/mol. The Morgan fingerprint density at radius 2 is 2.07 bits per heavy atom. The third-order valence-corrected chi connectivity index (χ3v) is 2.89.